The second-order valence-corrected chi connectivity index (χ2v) is 4.69. The Morgan fingerprint density at radius 1 is 1.43 bits per heavy atom. The summed E-state index contributed by atoms with van der Waals surface area (Å²) in [5.41, 5.74) is 2.55. The minimum absolute atomic E-state index is 0.906. The van der Waals surface area contributed by atoms with E-state index < -0.39 is 0 Å². The van der Waals surface area contributed by atoms with Gasteiger partial charge in [-0.15, -0.1) is 0 Å². The minimum Gasteiger partial charge on any atom is -0.290 e. The quantitative estimate of drug-likeness (QED) is 0.617. The molecule has 0 aliphatic heterocycles. The molecule has 0 spiro atoms. The van der Waals surface area contributed by atoms with E-state index in [9.17, 15) is 0 Å². The van der Waals surface area contributed by atoms with Crippen LogP contribution in [0.4, 0.5) is 0 Å². The van der Waals surface area contributed by atoms with Gasteiger partial charge in [-0.2, -0.15) is 0 Å². The lowest BCUT2D eigenvalue weighted by Crippen LogP contribution is -1.78. The van der Waals surface area contributed by atoms with Crippen molar-refractivity contribution in [2.45, 2.75) is 5.33 Å². The van der Waals surface area contributed by atoms with E-state index in [1.54, 1.807) is 11.3 Å². The van der Waals surface area contributed by atoms with Crippen molar-refractivity contribution in [3.05, 3.63) is 36.2 Å². The van der Waals surface area contributed by atoms with Gasteiger partial charge in [0.25, 0.3) is 0 Å². The fourth-order valence-corrected chi connectivity index (χ4v) is 2.97. The Labute approximate surface area is 93.3 Å². The summed E-state index contributed by atoms with van der Waals surface area (Å²) in [5.74, 6) is 0. The number of alkyl halides is 1. The van der Waals surface area contributed by atoms with Crippen LogP contribution in [0.15, 0.2) is 30.6 Å². The molecule has 3 aromatic rings. The van der Waals surface area contributed by atoms with E-state index in [1.807, 2.05) is 12.4 Å². The molecule has 0 atom stereocenters. The minimum atomic E-state index is 0.906. The number of rotatable bonds is 1. The van der Waals surface area contributed by atoms with Gasteiger partial charge in [-0.3, -0.25) is 4.40 Å². The van der Waals surface area contributed by atoms with Crippen LogP contribution in [0.2, 0.25) is 0 Å². The van der Waals surface area contributed by atoms with Crippen molar-refractivity contribution in [3.8, 4) is 0 Å². The van der Waals surface area contributed by atoms with Gasteiger partial charge in [0.2, 0.25) is 0 Å². The Kier molecular flexibility index (Phi) is 1.85. The summed E-state index contributed by atoms with van der Waals surface area (Å²) in [6.45, 7) is 0. The molecule has 14 heavy (non-hydrogen) atoms. The second-order valence-electron chi connectivity index (χ2n) is 3.12. The van der Waals surface area contributed by atoms with Crippen molar-refractivity contribution >= 4 is 42.4 Å². The first-order valence-corrected chi connectivity index (χ1v) is 6.23. The lowest BCUT2D eigenvalue weighted by atomic mass is 10.2. The summed E-state index contributed by atoms with van der Waals surface area (Å²) in [5, 5.41) is 0.906. The van der Waals surface area contributed by atoms with Crippen LogP contribution in [0, 0.1) is 0 Å². The van der Waals surface area contributed by atoms with Gasteiger partial charge in [0, 0.05) is 17.7 Å². The van der Waals surface area contributed by atoms with Gasteiger partial charge in [-0.05, 0) is 17.7 Å². The van der Waals surface area contributed by atoms with Gasteiger partial charge in [-0.1, -0.05) is 33.3 Å². The first kappa shape index (κ1) is 8.44. The smallest absolute Gasteiger partial charge is 0.194 e. The van der Waals surface area contributed by atoms with E-state index >= 15 is 0 Å². The topological polar surface area (TPSA) is 17.3 Å². The molecular weight excluding hydrogens is 260 g/mol. The number of imidazole rings is 1. The number of nitrogens with zero attached hydrogens (tertiary/aromatic N) is 2. The number of fused-ring (bicyclic) bond motifs is 3. The van der Waals surface area contributed by atoms with Crippen molar-refractivity contribution < 1.29 is 0 Å². The van der Waals surface area contributed by atoms with E-state index in [-0.39, 0.29) is 0 Å². The molecule has 0 bridgehead atoms. The lowest BCUT2D eigenvalue weighted by Gasteiger charge is -1.94. The number of halogens is 1. The Balaban J connectivity index is 2.43. The van der Waals surface area contributed by atoms with Crippen LogP contribution in [-0.4, -0.2) is 9.38 Å². The number of hydrogen-bond acceptors (Lipinski definition) is 2. The van der Waals surface area contributed by atoms with E-state index in [2.05, 4.69) is 43.5 Å². The SMILES string of the molecule is BrCc1ccc2c(c1)sc1nccn12. The van der Waals surface area contributed by atoms with E-state index in [4.69, 9.17) is 0 Å². The van der Waals surface area contributed by atoms with Crippen molar-refractivity contribution in [2.24, 2.45) is 0 Å². The Bertz CT molecular complexity index is 596. The molecule has 2 nitrogen and oxygen atoms in total. The Morgan fingerprint density at radius 3 is 3.21 bits per heavy atom. The molecule has 0 saturated carbocycles. The zero-order chi connectivity index (χ0) is 9.54. The monoisotopic (exact) mass is 266 g/mol. The van der Waals surface area contributed by atoms with Crippen LogP contribution in [0.5, 0.6) is 0 Å². The van der Waals surface area contributed by atoms with E-state index in [0.29, 0.717) is 0 Å². The first-order valence-electron chi connectivity index (χ1n) is 4.29. The van der Waals surface area contributed by atoms with Crippen LogP contribution < -0.4 is 0 Å². The maximum atomic E-state index is 4.28. The summed E-state index contributed by atoms with van der Waals surface area (Å²) in [4.78, 5) is 5.34. The average molecular weight is 267 g/mol. The van der Waals surface area contributed by atoms with Crippen molar-refractivity contribution in [1.82, 2.24) is 9.38 Å². The van der Waals surface area contributed by atoms with Crippen LogP contribution >= 0.6 is 27.3 Å². The van der Waals surface area contributed by atoms with Gasteiger partial charge in [0.15, 0.2) is 4.96 Å². The fraction of sp³-hybridized carbons (Fsp3) is 0.100. The second kappa shape index (κ2) is 3.07. The molecule has 0 fully saturated rings. The molecule has 0 amide bonds. The molecule has 2 heterocycles. The van der Waals surface area contributed by atoms with Gasteiger partial charge in [0.1, 0.15) is 0 Å². The van der Waals surface area contributed by atoms with Crippen LogP contribution in [0.25, 0.3) is 15.2 Å². The molecule has 3 rings (SSSR count). The number of hydrogen-bond donors (Lipinski definition) is 0. The third-order valence-electron chi connectivity index (χ3n) is 2.25. The predicted octanol–water partition coefficient (Wildman–Crippen LogP) is 3.44. The zero-order valence-electron chi connectivity index (χ0n) is 7.27. The average Bonchev–Trinajstić information content (AvgIpc) is 2.75. The summed E-state index contributed by atoms with van der Waals surface area (Å²) >= 11 is 5.19. The van der Waals surface area contributed by atoms with Gasteiger partial charge < -0.3 is 0 Å². The highest BCUT2D eigenvalue weighted by Gasteiger charge is 2.04. The summed E-state index contributed by atoms with van der Waals surface area (Å²) in [7, 11) is 0. The summed E-state index contributed by atoms with van der Waals surface area (Å²) in [6.07, 6.45) is 3.84. The van der Waals surface area contributed by atoms with Crippen LogP contribution in [0.1, 0.15) is 5.56 Å². The molecule has 1 aromatic carbocycles. The predicted molar refractivity (Wildman–Crippen MR) is 63.2 cm³/mol. The third kappa shape index (κ3) is 1.11. The van der Waals surface area contributed by atoms with Crippen molar-refractivity contribution in [3.63, 3.8) is 0 Å². The fourth-order valence-electron chi connectivity index (χ4n) is 1.57. The number of aromatic nitrogens is 2. The zero-order valence-corrected chi connectivity index (χ0v) is 9.68. The maximum Gasteiger partial charge on any atom is 0.194 e. The molecule has 0 saturated heterocycles. The standard InChI is InChI=1S/C10H7BrN2S/c11-6-7-1-2-8-9(5-7)14-10-12-3-4-13(8)10/h1-5H,6H2. The Hall–Kier alpha value is -0.870. The van der Waals surface area contributed by atoms with Crippen LogP contribution in [0.3, 0.4) is 0 Å². The highest BCUT2D eigenvalue weighted by Crippen LogP contribution is 2.26. The van der Waals surface area contributed by atoms with E-state index in [0.717, 1.165) is 10.3 Å². The summed E-state index contributed by atoms with van der Waals surface area (Å²) < 4.78 is 3.42. The molecule has 70 valence electrons. The molecule has 0 aliphatic rings. The highest BCUT2D eigenvalue weighted by molar-refractivity contribution is 9.08. The number of thiazole rings is 1. The first-order chi connectivity index (χ1) is 6.88. The molecule has 0 N–H and O–H groups in total. The molecular formula is C10H7BrN2S. The van der Waals surface area contributed by atoms with Gasteiger partial charge in [-0.25, -0.2) is 4.98 Å². The molecule has 4 heteroatoms. The molecule has 0 aliphatic carbocycles. The van der Waals surface area contributed by atoms with Crippen molar-refractivity contribution in [2.75, 3.05) is 0 Å². The summed E-state index contributed by atoms with van der Waals surface area (Å²) in [6, 6.07) is 6.50. The third-order valence-corrected chi connectivity index (χ3v) is 3.93. The highest BCUT2D eigenvalue weighted by atomic mass is 79.9. The largest absolute Gasteiger partial charge is 0.290 e. The van der Waals surface area contributed by atoms with Gasteiger partial charge in [0.05, 0.1) is 10.2 Å². The lowest BCUT2D eigenvalue weighted by molar-refractivity contribution is 1.29. The molecule has 0 unspecified atom stereocenters. The number of benzene rings is 1. The van der Waals surface area contributed by atoms with Crippen LogP contribution in [-0.2, 0) is 5.33 Å². The Morgan fingerprint density at radius 2 is 2.36 bits per heavy atom. The molecule has 2 aromatic heterocycles. The molecule has 0 radical (unpaired) electrons. The van der Waals surface area contributed by atoms with Gasteiger partial charge >= 0.3 is 0 Å². The normalized spacial score (nSPS) is 11.5. The van der Waals surface area contributed by atoms with E-state index in [1.165, 1.54) is 15.8 Å². The van der Waals surface area contributed by atoms with Crippen molar-refractivity contribution in [1.29, 1.82) is 0 Å². The maximum absolute atomic E-state index is 4.28.